The van der Waals surface area contributed by atoms with Crippen molar-refractivity contribution in [3.63, 3.8) is 0 Å². The maximum absolute atomic E-state index is 5.93. The van der Waals surface area contributed by atoms with Crippen molar-refractivity contribution in [3.05, 3.63) is 59.7 Å². The van der Waals surface area contributed by atoms with Gasteiger partial charge >= 0.3 is 0 Å². The monoisotopic (exact) mass is 350 g/mol. The third-order valence-corrected chi connectivity index (χ3v) is 4.24. The maximum atomic E-state index is 5.93. The molecule has 3 aromatic rings. The number of nitrogen functional groups attached to an aromatic ring is 1. The smallest absolute Gasteiger partial charge is 0.150 e. The predicted molar refractivity (Wildman–Crippen MR) is 106 cm³/mol. The molecule has 2 heterocycles. The van der Waals surface area contributed by atoms with Gasteiger partial charge in [-0.3, -0.25) is 4.98 Å². The molecule has 0 fully saturated rings. The van der Waals surface area contributed by atoms with Crippen molar-refractivity contribution in [3.8, 4) is 0 Å². The zero-order valence-corrected chi connectivity index (χ0v) is 15.8. The number of aromatic nitrogens is 4. The summed E-state index contributed by atoms with van der Waals surface area (Å²) in [7, 11) is 0. The van der Waals surface area contributed by atoms with E-state index >= 15 is 0 Å². The Kier molecular flexibility index (Phi) is 4.93. The molecule has 6 nitrogen and oxygen atoms in total. The molecule has 3 N–H and O–H groups in total. The third kappa shape index (κ3) is 4.20. The molecular weight excluding hydrogens is 324 g/mol. The SMILES string of the molecule is Cc1ccc(N)cc1CCc1cc(Nc2cnccn2)n(C(C)(C)C)n1. The lowest BCUT2D eigenvalue weighted by Gasteiger charge is -2.22. The van der Waals surface area contributed by atoms with Crippen LogP contribution in [0.3, 0.4) is 0 Å². The lowest BCUT2D eigenvalue weighted by Crippen LogP contribution is -2.24. The van der Waals surface area contributed by atoms with E-state index < -0.39 is 0 Å². The molecule has 0 spiro atoms. The van der Waals surface area contributed by atoms with Gasteiger partial charge < -0.3 is 11.1 Å². The van der Waals surface area contributed by atoms with Gasteiger partial charge in [0.2, 0.25) is 0 Å². The van der Waals surface area contributed by atoms with Gasteiger partial charge in [-0.2, -0.15) is 5.10 Å². The fourth-order valence-corrected chi connectivity index (χ4v) is 2.87. The van der Waals surface area contributed by atoms with Crippen LogP contribution in [0, 0.1) is 6.92 Å². The van der Waals surface area contributed by atoms with Gasteiger partial charge in [0.15, 0.2) is 0 Å². The first-order valence-electron chi connectivity index (χ1n) is 8.80. The van der Waals surface area contributed by atoms with Crippen LogP contribution in [0.2, 0.25) is 0 Å². The summed E-state index contributed by atoms with van der Waals surface area (Å²) in [5.41, 5.74) is 10.1. The van der Waals surface area contributed by atoms with Crippen molar-refractivity contribution in [2.24, 2.45) is 0 Å². The van der Waals surface area contributed by atoms with Crippen molar-refractivity contribution in [1.29, 1.82) is 0 Å². The third-order valence-electron chi connectivity index (χ3n) is 4.24. The van der Waals surface area contributed by atoms with E-state index in [1.165, 1.54) is 11.1 Å². The molecule has 0 bridgehead atoms. The highest BCUT2D eigenvalue weighted by Gasteiger charge is 2.20. The van der Waals surface area contributed by atoms with Gasteiger partial charge in [-0.05, 0) is 63.8 Å². The van der Waals surface area contributed by atoms with E-state index in [1.807, 2.05) is 10.7 Å². The number of hydrogen-bond donors (Lipinski definition) is 2. The molecule has 0 atom stereocenters. The summed E-state index contributed by atoms with van der Waals surface area (Å²) in [6, 6.07) is 8.14. The highest BCUT2D eigenvalue weighted by atomic mass is 15.4. The Labute approximate surface area is 154 Å². The fraction of sp³-hybridized carbons (Fsp3) is 0.350. The van der Waals surface area contributed by atoms with Gasteiger partial charge in [0, 0.05) is 24.1 Å². The zero-order valence-electron chi connectivity index (χ0n) is 15.8. The van der Waals surface area contributed by atoms with Crippen LogP contribution in [0.5, 0.6) is 0 Å². The van der Waals surface area contributed by atoms with Crippen molar-refractivity contribution >= 4 is 17.3 Å². The van der Waals surface area contributed by atoms with Crippen LogP contribution < -0.4 is 11.1 Å². The minimum absolute atomic E-state index is 0.143. The average Bonchev–Trinajstić information content (AvgIpc) is 3.00. The Balaban J connectivity index is 1.83. The first-order chi connectivity index (χ1) is 12.3. The maximum Gasteiger partial charge on any atom is 0.150 e. The molecule has 0 unspecified atom stereocenters. The summed E-state index contributed by atoms with van der Waals surface area (Å²) < 4.78 is 2.00. The summed E-state index contributed by atoms with van der Waals surface area (Å²) in [4.78, 5) is 8.40. The Morgan fingerprint density at radius 3 is 2.62 bits per heavy atom. The van der Waals surface area contributed by atoms with E-state index in [1.54, 1.807) is 18.6 Å². The summed E-state index contributed by atoms with van der Waals surface area (Å²) >= 11 is 0. The molecule has 0 amide bonds. The van der Waals surface area contributed by atoms with Crippen LogP contribution in [-0.4, -0.2) is 19.7 Å². The Bertz CT molecular complexity index is 877. The van der Waals surface area contributed by atoms with Crippen LogP contribution in [-0.2, 0) is 18.4 Å². The van der Waals surface area contributed by atoms with Gasteiger partial charge in [-0.1, -0.05) is 6.07 Å². The molecule has 0 aliphatic carbocycles. The number of hydrogen-bond acceptors (Lipinski definition) is 5. The van der Waals surface area contributed by atoms with E-state index in [9.17, 15) is 0 Å². The number of aryl methyl sites for hydroxylation is 3. The first-order valence-corrected chi connectivity index (χ1v) is 8.80. The topological polar surface area (TPSA) is 81.6 Å². The average molecular weight is 350 g/mol. The minimum atomic E-state index is -0.143. The second-order valence-electron chi connectivity index (χ2n) is 7.51. The van der Waals surface area contributed by atoms with E-state index in [2.05, 4.69) is 61.2 Å². The normalized spacial score (nSPS) is 11.5. The van der Waals surface area contributed by atoms with Crippen molar-refractivity contribution in [2.75, 3.05) is 11.1 Å². The van der Waals surface area contributed by atoms with Crippen LogP contribution in [0.4, 0.5) is 17.3 Å². The van der Waals surface area contributed by atoms with E-state index in [4.69, 9.17) is 10.8 Å². The van der Waals surface area contributed by atoms with Gasteiger partial charge in [0.25, 0.3) is 0 Å². The molecule has 0 saturated carbocycles. The molecule has 0 aliphatic rings. The molecule has 1 aromatic carbocycles. The lowest BCUT2D eigenvalue weighted by molar-refractivity contribution is 0.358. The van der Waals surface area contributed by atoms with Gasteiger partial charge in [-0.25, -0.2) is 9.67 Å². The Morgan fingerprint density at radius 1 is 1.12 bits per heavy atom. The summed E-state index contributed by atoms with van der Waals surface area (Å²) in [5, 5.41) is 8.14. The van der Waals surface area contributed by atoms with Crippen molar-refractivity contribution in [2.45, 2.75) is 46.1 Å². The van der Waals surface area contributed by atoms with E-state index in [0.717, 1.165) is 30.0 Å². The second kappa shape index (κ2) is 7.15. The first kappa shape index (κ1) is 17.9. The standard InChI is InChI=1S/C20H26N6/c1-14-5-7-16(21)11-15(14)6-8-17-12-19(26(25-17)20(2,3)4)24-18-13-22-9-10-23-18/h5,7,9-13H,6,8,21H2,1-4H3,(H,23,24). The number of nitrogens with one attached hydrogen (secondary N) is 1. The summed E-state index contributed by atoms with van der Waals surface area (Å²) in [6.45, 7) is 8.51. The van der Waals surface area contributed by atoms with Crippen molar-refractivity contribution in [1.82, 2.24) is 19.7 Å². The van der Waals surface area contributed by atoms with Crippen LogP contribution >= 0.6 is 0 Å². The van der Waals surface area contributed by atoms with Gasteiger partial charge in [0.05, 0.1) is 17.4 Å². The molecule has 0 aliphatic heterocycles. The van der Waals surface area contributed by atoms with E-state index in [-0.39, 0.29) is 5.54 Å². The second-order valence-corrected chi connectivity index (χ2v) is 7.51. The molecule has 0 radical (unpaired) electrons. The summed E-state index contributed by atoms with van der Waals surface area (Å²) in [5.74, 6) is 1.62. The van der Waals surface area contributed by atoms with Crippen LogP contribution in [0.1, 0.15) is 37.6 Å². The molecule has 3 rings (SSSR count). The largest absolute Gasteiger partial charge is 0.399 e. The minimum Gasteiger partial charge on any atom is -0.399 e. The zero-order chi connectivity index (χ0) is 18.7. The number of anilines is 3. The Hall–Kier alpha value is -2.89. The molecule has 26 heavy (non-hydrogen) atoms. The molecular formula is C20H26N6. The number of benzene rings is 1. The fourth-order valence-electron chi connectivity index (χ4n) is 2.87. The molecule has 136 valence electrons. The molecule has 2 aromatic heterocycles. The predicted octanol–water partition coefficient (Wildman–Crippen LogP) is 3.85. The summed E-state index contributed by atoms with van der Waals surface area (Å²) in [6.07, 6.45) is 6.79. The highest BCUT2D eigenvalue weighted by Crippen LogP contribution is 2.25. The van der Waals surface area contributed by atoms with Crippen molar-refractivity contribution < 1.29 is 0 Å². The van der Waals surface area contributed by atoms with Gasteiger partial charge in [0.1, 0.15) is 11.6 Å². The lowest BCUT2D eigenvalue weighted by atomic mass is 10.0. The molecule has 0 saturated heterocycles. The molecule has 6 heteroatoms. The van der Waals surface area contributed by atoms with Gasteiger partial charge in [-0.15, -0.1) is 0 Å². The number of nitrogens with zero attached hydrogens (tertiary/aromatic N) is 4. The van der Waals surface area contributed by atoms with E-state index in [0.29, 0.717) is 5.82 Å². The quantitative estimate of drug-likeness (QED) is 0.683. The van der Waals surface area contributed by atoms with Crippen LogP contribution in [0.15, 0.2) is 42.9 Å². The number of nitrogens with two attached hydrogens (primary N) is 1. The highest BCUT2D eigenvalue weighted by molar-refractivity contribution is 5.52. The van der Waals surface area contributed by atoms with Crippen LogP contribution in [0.25, 0.3) is 0 Å². The number of rotatable bonds is 5. The Morgan fingerprint density at radius 2 is 1.92 bits per heavy atom.